The molecule has 23 heavy (non-hydrogen) atoms. The summed E-state index contributed by atoms with van der Waals surface area (Å²) in [5.74, 6) is -1.77. The quantitative estimate of drug-likeness (QED) is 0.642. The first-order chi connectivity index (χ1) is 10.9. The third-order valence-electron chi connectivity index (χ3n) is 3.35. The lowest BCUT2D eigenvalue weighted by Gasteiger charge is -2.25. The van der Waals surface area contributed by atoms with Gasteiger partial charge < -0.3 is 10.2 Å². The summed E-state index contributed by atoms with van der Waals surface area (Å²) in [6, 6.07) is 0.650. The van der Waals surface area contributed by atoms with E-state index in [-0.39, 0.29) is 11.6 Å². The standard InChI is InChI=1S/C13H15F3N6O/c1-2-18-9-6-10(21-12(20-9)13(14,15)16)22-5-3-4-8(22)11(23)19-7-17/h6,8H,2-5H2,1H3,(H,19,23)(H,18,20,21)/t8-/m0/s1. The summed E-state index contributed by atoms with van der Waals surface area (Å²) in [6.07, 6.45) is -2.10. The topological polar surface area (TPSA) is 93.9 Å². The van der Waals surface area contributed by atoms with Gasteiger partial charge in [-0.3, -0.25) is 10.1 Å². The Bertz CT molecular complexity index is 627. The third kappa shape index (κ3) is 3.80. The smallest absolute Gasteiger partial charge is 0.370 e. The van der Waals surface area contributed by atoms with Gasteiger partial charge in [-0.15, -0.1) is 0 Å². The maximum Gasteiger partial charge on any atom is 0.451 e. The Labute approximate surface area is 130 Å². The predicted octanol–water partition coefficient (Wildman–Crippen LogP) is 1.49. The van der Waals surface area contributed by atoms with Gasteiger partial charge in [-0.25, -0.2) is 9.97 Å². The van der Waals surface area contributed by atoms with Gasteiger partial charge in [0, 0.05) is 19.2 Å². The van der Waals surface area contributed by atoms with Gasteiger partial charge in [0.25, 0.3) is 5.91 Å². The molecule has 0 bridgehead atoms. The van der Waals surface area contributed by atoms with Crippen LogP contribution in [0, 0.1) is 11.5 Å². The molecule has 2 heterocycles. The van der Waals surface area contributed by atoms with Crippen LogP contribution < -0.4 is 15.5 Å². The lowest BCUT2D eigenvalue weighted by Crippen LogP contribution is -2.42. The highest BCUT2D eigenvalue weighted by molar-refractivity contribution is 5.86. The van der Waals surface area contributed by atoms with Gasteiger partial charge in [0.05, 0.1) is 0 Å². The average Bonchev–Trinajstić information content (AvgIpc) is 2.96. The van der Waals surface area contributed by atoms with Gasteiger partial charge in [-0.05, 0) is 19.8 Å². The highest BCUT2D eigenvalue weighted by Crippen LogP contribution is 2.31. The first kappa shape index (κ1) is 16.8. The van der Waals surface area contributed by atoms with Crippen molar-refractivity contribution in [1.29, 1.82) is 5.26 Å². The highest BCUT2D eigenvalue weighted by Gasteiger charge is 2.38. The van der Waals surface area contributed by atoms with Crippen LogP contribution in [0.3, 0.4) is 0 Å². The molecule has 0 saturated carbocycles. The van der Waals surface area contributed by atoms with Crippen LogP contribution >= 0.6 is 0 Å². The molecule has 1 atom stereocenters. The van der Waals surface area contributed by atoms with E-state index in [1.54, 1.807) is 6.92 Å². The van der Waals surface area contributed by atoms with E-state index in [0.29, 0.717) is 25.9 Å². The van der Waals surface area contributed by atoms with Crippen molar-refractivity contribution in [3.8, 4) is 6.19 Å². The monoisotopic (exact) mass is 328 g/mol. The normalized spacial score (nSPS) is 17.7. The number of halogens is 3. The molecule has 7 nitrogen and oxygen atoms in total. The second-order valence-corrected chi connectivity index (χ2v) is 4.92. The molecule has 0 aromatic carbocycles. The summed E-state index contributed by atoms with van der Waals surface area (Å²) in [5, 5.41) is 13.3. The molecule has 1 fully saturated rings. The molecule has 1 aliphatic heterocycles. The van der Waals surface area contributed by atoms with Gasteiger partial charge >= 0.3 is 6.18 Å². The lowest BCUT2D eigenvalue weighted by atomic mass is 10.2. The van der Waals surface area contributed by atoms with Crippen molar-refractivity contribution in [3.05, 3.63) is 11.9 Å². The molecular formula is C13H15F3N6O. The van der Waals surface area contributed by atoms with Gasteiger partial charge in [0.15, 0.2) is 6.19 Å². The summed E-state index contributed by atoms with van der Waals surface area (Å²) in [7, 11) is 0. The van der Waals surface area contributed by atoms with Crippen molar-refractivity contribution < 1.29 is 18.0 Å². The first-order valence-electron chi connectivity index (χ1n) is 7.02. The number of nitrogens with one attached hydrogen (secondary N) is 2. The number of rotatable bonds is 4. The van der Waals surface area contributed by atoms with E-state index in [2.05, 4.69) is 15.3 Å². The van der Waals surface area contributed by atoms with Crippen molar-refractivity contribution in [3.63, 3.8) is 0 Å². The van der Waals surface area contributed by atoms with E-state index < -0.39 is 23.9 Å². The van der Waals surface area contributed by atoms with Crippen molar-refractivity contribution in [1.82, 2.24) is 15.3 Å². The molecule has 124 valence electrons. The van der Waals surface area contributed by atoms with Crippen molar-refractivity contribution >= 4 is 17.5 Å². The number of aromatic nitrogens is 2. The first-order valence-corrected chi connectivity index (χ1v) is 7.02. The third-order valence-corrected chi connectivity index (χ3v) is 3.35. The maximum atomic E-state index is 13.0. The number of hydrogen-bond acceptors (Lipinski definition) is 6. The minimum absolute atomic E-state index is 0.0128. The SMILES string of the molecule is CCNc1cc(N2CCC[C@H]2C(=O)NC#N)nc(C(F)(F)F)n1. The molecular weight excluding hydrogens is 313 g/mol. The molecule has 0 spiro atoms. The second kappa shape index (κ2) is 6.68. The molecule has 2 N–H and O–H groups in total. The molecule has 2 rings (SSSR count). The van der Waals surface area contributed by atoms with Gasteiger partial charge in [-0.1, -0.05) is 0 Å². The molecule has 1 amide bonds. The van der Waals surface area contributed by atoms with Crippen molar-refractivity contribution in [2.24, 2.45) is 0 Å². The van der Waals surface area contributed by atoms with Crippen LogP contribution in [0.15, 0.2) is 6.07 Å². The molecule has 0 unspecified atom stereocenters. The fraction of sp³-hybridized carbons (Fsp3) is 0.538. The van der Waals surface area contributed by atoms with E-state index in [4.69, 9.17) is 5.26 Å². The maximum absolute atomic E-state index is 13.0. The van der Waals surface area contributed by atoms with Gasteiger partial charge in [0.1, 0.15) is 17.7 Å². The molecule has 0 radical (unpaired) electrons. The number of nitrogens with zero attached hydrogens (tertiary/aromatic N) is 4. The zero-order valence-corrected chi connectivity index (χ0v) is 12.3. The van der Waals surface area contributed by atoms with E-state index >= 15 is 0 Å². The number of hydrogen-bond donors (Lipinski definition) is 2. The van der Waals surface area contributed by atoms with Crippen LogP contribution in [0.1, 0.15) is 25.6 Å². The van der Waals surface area contributed by atoms with Gasteiger partial charge in [-0.2, -0.15) is 18.4 Å². The van der Waals surface area contributed by atoms with Crippen LogP contribution in [0.25, 0.3) is 0 Å². The molecule has 1 aromatic rings. The molecule has 1 aliphatic rings. The van der Waals surface area contributed by atoms with E-state index in [9.17, 15) is 18.0 Å². The van der Waals surface area contributed by atoms with Crippen molar-refractivity contribution in [2.45, 2.75) is 32.0 Å². The number of carbonyl (C=O) groups excluding carboxylic acids is 1. The summed E-state index contributed by atoms with van der Waals surface area (Å²) in [5.41, 5.74) is 0. The Kier molecular flexibility index (Phi) is 4.88. The summed E-state index contributed by atoms with van der Waals surface area (Å²) < 4.78 is 38.9. The van der Waals surface area contributed by atoms with E-state index in [1.807, 2.05) is 5.32 Å². The van der Waals surface area contributed by atoms with E-state index in [1.165, 1.54) is 17.2 Å². The number of amides is 1. The second-order valence-electron chi connectivity index (χ2n) is 4.92. The Morgan fingerprint density at radius 3 is 2.87 bits per heavy atom. The number of nitriles is 1. The zero-order valence-electron chi connectivity index (χ0n) is 12.3. The molecule has 10 heteroatoms. The number of alkyl halides is 3. The average molecular weight is 328 g/mol. The number of carbonyl (C=O) groups is 1. The van der Waals surface area contributed by atoms with Crippen LogP contribution in [-0.2, 0) is 11.0 Å². The van der Waals surface area contributed by atoms with Crippen LogP contribution in [0.5, 0.6) is 0 Å². The Morgan fingerprint density at radius 1 is 1.52 bits per heavy atom. The predicted molar refractivity (Wildman–Crippen MR) is 75.3 cm³/mol. The van der Waals surface area contributed by atoms with Gasteiger partial charge in [0.2, 0.25) is 5.82 Å². The van der Waals surface area contributed by atoms with E-state index in [0.717, 1.165) is 0 Å². The summed E-state index contributed by atoms with van der Waals surface area (Å²) >= 11 is 0. The summed E-state index contributed by atoms with van der Waals surface area (Å²) in [6.45, 7) is 2.50. The Hall–Kier alpha value is -2.57. The fourth-order valence-electron chi connectivity index (χ4n) is 2.43. The minimum Gasteiger partial charge on any atom is -0.370 e. The lowest BCUT2D eigenvalue weighted by molar-refractivity contribution is -0.144. The largest absolute Gasteiger partial charge is 0.451 e. The van der Waals surface area contributed by atoms with Crippen LogP contribution in [0.2, 0.25) is 0 Å². The Morgan fingerprint density at radius 2 is 2.26 bits per heavy atom. The van der Waals surface area contributed by atoms with Crippen molar-refractivity contribution in [2.75, 3.05) is 23.3 Å². The minimum atomic E-state index is -4.69. The fourth-order valence-corrected chi connectivity index (χ4v) is 2.43. The zero-order chi connectivity index (χ0) is 17.0. The van der Waals surface area contributed by atoms with Crippen LogP contribution in [0.4, 0.5) is 24.8 Å². The molecule has 0 aliphatic carbocycles. The molecule has 1 saturated heterocycles. The molecule has 1 aromatic heterocycles. The highest BCUT2D eigenvalue weighted by atomic mass is 19.4. The Balaban J connectivity index is 2.39. The van der Waals surface area contributed by atoms with Crippen LogP contribution in [-0.4, -0.2) is 35.0 Å². The number of anilines is 2. The summed E-state index contributed by atoms with van der Waals surface area (Å²) in [4.78, 5) is 20.3.